The van der Waals surface area contributed by atoms with Crippen LogP contribution in [0.5, 0.6) is 0 Å². The lowest BCUT2D eigenvalue weighted by Gasteiger charge is -2.34. The molecule has 2 rings (SSSR count). The van der Waals surface area contributed by atoms with Crippen molar-refractivity contribution in [2.45, 2.75) is 51.5 Å². The Hall–Kier alpha value is -0.0400. The maximum Gasteiger partial charge on any atom is 0.00415 e. The van der Waals surface area contributed by atoms with Crippen LogP contribution in [0.4, 0.5) is 0 Å². The Labute approximate surface area is 75.9 Å². The van der Waals surface area contributed by atoms with Crippen molar-refractivity contribution in [2.75, 3.05) is 6.54 Å². The van der Waals surface area contributed by atoms with E-state index in [9.17, 15) is 0 Å². The molecule has 1 heteroatoms. The molecule has 1 saturated heterocycles. The number of piperidine rings is 1. The van der Waals surface area contributed by atoms with Crippen LogP contribution in [0.15, 0.2) is 0 Å². The topological polar surface area (TPSA) is 12.0 Å². The van der Waals surface area contributed by atoms with Gasteiger partial charge in [0.15, 0.2) is 0 Å². The Kier molecular flexibility index (Phi) is 2.69. The molecule has 70 valence electrons. The van der Waals surface area contributed by atoms with E-state index in [0.717, 1.165) is 17.9 Å². The van der Waals surface area contributed by atoms with Gasteiger partial charge in [-0.15, -0.1) is 0 Å². The number of rotatable bonds is 0. The predicted molar refractivity (Wildman–Crippen MR) is 52.1 cm³/mol. The zero-order valence-corrected chi connectivity index (χ0v) is 8.18. The third-order valence-corrected chi connectivity index (χ3v) is 3.70. The van der Waals surface area contributed by atoms with Gasteiger partial charge in [-0.3, -0.25) is 0 Å². The first-order valence-corrected chi connectivity index (χ1v) is 5.59. The Morgan fingerprint density at radius 2 is 1.75 bits per heavy atom. The molecule has 1 heterocycles. The predicted octanol–water partition coefficient (Wildman–Crippen LogP) is 2.56. The molecule has 1 aliphatic carbocycles. The van der Waals surface area contributed by atoms with Crippen LogP contribution >= 0.6 is 0 Å². The van der Waals surface area contributed by atoms with Gasteiger partial charge in [-0.25, -0.2) is 0 Å². The van der Waals surface area contributed by atoms with Crippen molar-refractivity contribution in [3.05, 3.63) is 0 Å². The second-order valence-electron chi connectivity index (χ2n) is 4.70. The molecule has 1 saturated carbocycles. The van der Waals surface area contributed by atoms with E-state index in [1.54, 1.807) is 0 Å². The molecule has 0 bridgehead atoms. The average molecular weight is 167 g/mol. The molecule has 0 aromatic carbocycles. The van der Waals surface area contributed by atoms with Crippen LogP contribution in [0.25, 0.3) is 0 Å². The molecular weight excluding hydrogens is 146 g/mol. The van der Waals surface area contributed by atoms with E-state index in [1.165, 1.54) is 45.1 Å². The SMILES string of the molecule is CC1CC2CCCCCC2CN1. The molecule has 0 spiro atoms. The van der Waals surface area contributed by atoms with Crippen molar-refractivity contribution in [3.63, 3.8) is 0 Å². The molecule has 0 amide bonds. The Morgan fingerprint density at radius 3 is 2.58 bits per heavy atom. The summed E-state index contributed by atoms with van der Waals surface area (Å²) in [4.78, 5) is 0. The molecule has 1 N–H and O–H groups in total. The minimum Gasteiger partial charge on any atom is -0.314 e. The molecule has 0 radical (unpaired) electrons. The van der Waals surface area contributed by atoms with Crippen LogP contribution in [0, 0.1) is 11.8 Å². The fourth-order valence-electron chi connectivity index (χ4n) is 2.93. The largest absolute Gasteiger partial charge is 0.314 e. The van der Waals surface area contributed by atoms with Crippen molar-refractivity contribution < 1.29 is 0 Å². The van der Waals surface area contributed by atoms with Crippen molar-refractivity contribution in [1.29, 1.82) is 0 Å². The number of nitrogens with one attached hydrogen (secondary N) is 1. The zero-order chi connectivity index (χ0) is 8.39. The lowest BCUT2D eigenvalue weighted by Crippen LogP contribution is -2.41. The van der Waals surface area contributed by atoms with E-state index >= 15 is 0 Å². The molecule has 3 atom stereocenters. The summed E-state index contributed by atoms with van der Waals surface area (Å²) in [6.45, 7) is 3.63. The number of hydrogen-bond donors (Lipinski definition) is 1. The second-order valence-corrected chi connectivity index (χ2v) is 4.70. The van der Waals surface area contributed by atoms with Crippen LogP contribution in [0.2, 0.25) is 0 Å². The molecule has 3 unspecified atom stereocenters. The summed E-state index contributed by atoms with van der Waals surface area (Å²) in [5.74, 6) is 2.08. The van der Waals surface area contributed by atoms with Gasteiger partial charge in [0.2, 0.25) is 0 Å². The smallest absolute Gasteiger partial charge is 0.00415 e. The maximum atomic E-state index is 3.61. The van der Waals surface area contributed by atoms with E-state index in [0.29, 0.717) is 0 Å². The third kappa shape index (κ3) is 1.82. The minimum absolute atomic E-state index is 0.782. The highest BCUT2D eigenvalue weighted by Crippen LogP contribution is 2.33. The van der Waals surface area contributed by atoms with Crippen LogP contribution in [0.1, 0.15) is 45.4 Å². The highest BCUT2D eigenvalue weighted by atomic mass is 14.9. The van der Waals surface area contributed by atoms with Crippen LogP contribution in [-0.4, -0.2) is 12.6 Å². The lowest BCUT2D eigenvalue weighted by atomic mass is 9.80. The van der Waals surface area contributed by atoms with Crippen molar-refractivity contribution in [3.8, 4) is 0 Å². The molecule has 0 aromatic rings. The minimum atomic E-state index is 0.782. The number of fused-ring (bicyclic) bond motifs is 1. The van der Waals surface area contributed by atoms with Crippen molar-refractivity contribution >= 4 is 0 Å². The average Bonchev–Trinajstić information content (AvgIpc) is 2.28. The van der Waals surface area contributed by atoms with Crippen molar-refractivity contribution in [2.24, 2.45) is 11.8 Å². The van der Waals surface area contributed by atoms with E-state index in [2.05, 4.69) is 12.2 Å². The molecule has 1 aliphatic heterocycles. The van der Waals surface area contributed by atoms with Crippen LogP contribution < -0.4 is 5.32 Å². The van der Waals surface area contributed by atoms with Gasteiger partial charge >= 0.3 is 0 Å². The van der Waals surface area contributed by atoms with Gasteiger partial charge in [0.25, 0.3) is 0 Å². The summed E-state index contributed by atoms with van der Waals surface area (Å²) in [5.41, 5.74) is 0. The molecule has 12 heavy (non-hydrogen) atoms. The van der Waals surface area contributed by atoms with E-state index in [-0.39, 0.29) is 0 Å². The third-order valence-electron chi connectivity index (χ3n) is 3.70. The summed E-state index contributed by atoms with van der Waals surface area (Å²) in [6.07, 6.45) is 8.90. The van der Waals surface area contributed by atoms with Gasteiger partial charge in [-0.2, -0.15) is 0 Å². The van der Waals surface area contributed by atoms with E-state index in [1.807, 2.05) is 0 Å². The molecule has 0 aromatic heterocycles. The quantitative estimate of drug-likeness (QED) is 0.584. The van der Waals surface area contributed by atoms with Gasteiger partial charge in [0.05, 0.1) is 0 Å². The first-order valence-electron chi connectivity index (χ1n) is 5.59. The van der Waals surface area contributed by atoms with Gasteiger partial charge in [0.1, 0.15) is 0 Å². The molecular formula is C11H21N. The highest BCUT2D eigenvalue weighted by molar-refractivity contribution is 4.83. The van der Waals surface area contributed by atoms with E-state index < -0.39 is 0 Å². The standard InChI is InChI=1S/C11H21N/c1-9-7-10-5-3-2-4-6-11(10)8-12-9/h9-12H,2-8H2,1H3. The summed E-state index contributed by atoms with van der Waals surface area (Å²) >= 11 is 0. The van der Waals surface area contributed by atoms with Gasteiger partial charge in [0, 0.05) is 6.04 Å². The Balaban J connectivity index is 1.94. The summed E-state index contributed by atoms with van der Waals surface area (Å²) in [7, 11) is 0. The van der Waals surface area contributed by atoms with Crippen molar-refractivity contribution in [1.82, 2.24) is 5.32 Å². The Bertz CT molecular complexity index is 144. The van der Waals surface area contributed by atoms with Gasteiger partial charge in [-0.1, -0.05) is 25.7 Å². The highest BCUT2D eigenvalue weighted by Gasteiger charge is 2.28. The second kappa shape index (κ2) is 3.78. The fraction of sp³-hybridized carbons (Fsp3) is 1.00. The molecule has 1 nitrogen and oxygen atoms in total. The summed E-state index contributed by atoms with van der Waals surface area (Å²) in [6, 6.07) is 0.782. The fourth-order valence-corrected chi connectivity index (χ4v) is 2.93. The first-order chi connectivity index (χ1) is 5.86. The maximum absolute atomic E-state index is 3.61. The monoisotopic (exact) mass is 167 g/mol. The van der Waals surface area contributed by atoms with Gasteiger partial charge in [-0.05, 0) is 38.1 Å². The van der Waals surface area contributed by atoms with Gasteiger partial charge < -0.3 is 5.32 Å². The molecule has 2 aliphatic rings. The summed E-state index contributed by atoms with van der Waals surface area (Å²) < 4.78 is 0. The number of hydrogen-bond acceptors (Lipinski definition) is 1. The normalized spacial score (nSPS) is 43.2. The first kappa shape index (κ1) is 8.55. The van der Waals surface area contributed by atoms with E-state index in [4.69, 9.17) is 0 Å². The molecule has 2 fully saturated rings. The van der Waals surface area contributed by atoms with Crippen LogP contribution in [0.3, 0.4) is 0 Å². The zero-order valence-electron chi connectivity index (χ0n) is 8.18. The summed E-state index contributed by atoms with van der Waals surface area (Å²) in [5, 5.41) is 3.61. The van der Waals surface area contributed by atoms with Crippen LogP contribution in [-0.2, 0) is 0 Å². The Morgan fingerprint density at radius 1 is 1.00 bits per heavy atom. The lowest BCUT2D eigenvalue weighted by molar-refractivity contribution is 0.206.